The molecule has 2 heterocycles. The molecule has 1 aliphatic heterocycles. The van der Waals surface area contributed by atoms with Crippen LogP contribution in [-0.2, 0) is 17.7 Å². The number of hydrogen-bond donors (Lipinski definition) is 1. The van der Waals surface area contributed by atoms with Crippen LogP contribution in [0.15, 0.2) is 0 Å². The summed E-state index contributed by atoms with van der Waals surface area (Å²) < 4.78 is 7.32. The SMILES string of the molecule is CCn1nc(C)c(Cl)c1CC1(N)CCOCC1. The van der Waals surface area contributed by atoms with Gasteiger partial charge in [0.05, 0.1) is 16.4 Å². The van der Waals surface area contributed by atoms with Gasteiger partial charge in [-0.2, -0.15) is 5.10 Å². The minimum absolute atomic E-state index is 0.193. The molecule has 2 N–H and O–H groups in total. The van der Waals surface area contributed by atoms with E-state index >= 15 is 0 Å². The zero-order chi connectivity index (χ0) is 12.5. The highest BCUT2D eigenvalue weighted by molar-refractivity contribution is 6.31. The van der Waals surface area contributed by atoms with Crippen molar-refractivity contribution in [3.63, 3.8) is 0 Å². The fraction of sp³-hybridized carbons (Fsp3) is 0.750. The van der Waals surface area contributed by atoms with E-state index in [-0.39, 0.29) is 5.54 Å². The van der Waals surface area contributed by atoms with Gasteiger partial charge in [-0.1, -0.05) is 11.6 Å². The van der Waals surface area contributed by atoms with Crippen LogP contribution < -0.4 is 5.73 Å². The Morgan fingerprint density at radius 2 is 2.12 bits per heavy atom. The molecule has 5 heteroatoms. The minimum Gasteiger partial charge on any atom is -0.381 e. The molecular weight excluding hydrogens is 238 g/mol. The molecule has 0 bridgehead atoms. The summed E-state index contributed by atoms with van der Waals surface area (Å²) in [6.45, 7) is 6.32. The average Bonchev–Trinajstić information content (AvgIpc) is 2.57. The van der Waals surface area contributed by atoms with Gasteiger partial charge >= 0.3 is 0 Å². The lowest BCUT2D eigenvalue weighted by atomic mass is 9.86. The lowest BCUT2D eigenvalue weighted by Gasteiger charge is -2.33. The van der Waals surface area contributed by atoms with Crippen molar-refractivity contribution in [3.05, 3.63) is 16.4 Å². The first-order valence-electron chi connectivity index (χ1n) is 6.14. The van der Waals surface area contributed by atoms with Crippen molar-refractivity contribution >= 4 is 11.6 Å². The van der Waals surface area contributed by atoms with Gasteiger partial charge in [0.15, 0.2) is 0 Å². The molecular formula is C12H20ClN3O. The Labute approximate surface area is 107 Å². The van der Waals surface area contributed by atoms with Crippen LogP contribution in [0, 0.1) is 6.92 Å². The summed E-state index contributed by atoms with van der Waals surface area (Å²) in [5, 5.41) is 5.19. The van der Waals surface area contributed by atoms with E-state index < -0.39 is 0 Å². The molecule has 0 spiro atoms. The Morgan fingerprint density at radius 1 is 1.47 bits per heavy atom. The third-order valence-electron chi connectivity index (χ3n) is 3.46. The van der Waals surface area contributed by atoms with Crippen molar-refractivity contribution < 1.29 is 4.74 Å². The van der Waals surface area contributed by atoms with E-state index in [1.54, 1.807) is 0 Å². The van der Waals surface area contributed by atoms with E-state index in [9.17, 15) is 0 Å². The molecule has 1 fully saturated rings. The van der Waals surface area contributed by atoms with Crippen LogP contribution in [0.2, 0.25) is 5.02 Å². The van der Waals surface area contributed by atoms with Gasteiger partial charge in [-0.15, -0.1) is 0 Å². The fourth-order valence-corrected chi connectivity index (χ4v) is 2.53. The summed E-state index contributed by atoms with van der Waals surface area (Å²) in [5.74, 6) is 0. The predicted octanol–water partition coefficient (Wildman–Crippen LogP) is 1.92. The number of aryl methyl sites for hydroxylation is 2. The van der Waals surface area contributed by atoms with Gasteiger partial charge in [0, 0.05) is 31.7 Å². The fourth-order valence-electron chi connectivity index (χ4n) is 2.33. The molecule has 1 saturated heterocycles. The van der Waals surface area contributed by atoms with E-state index in [1.807, 2.05) is 11.6 Å². The summed E-state index contributed by atoms with van der Waals surface area (Å²) in [7, 11) is 0. The second kappa shape index (κ2) is 4.96. The summed E-state index contributed by atoms with van der Waals surface area (Å²) in [5.41, 5.74) is 8.17. The number of rotatable bonds is 3. The molecule has 1 aliphatic rings. The highest BCUT2D eigenvalue weighted by Gasteiger charge is 2.31. The van der Waals surface area contributed by atoms with Crippen LogP contribution in [0.4, 0.5) is 0 Å². The second-order valence-corrected chi connectivity index (χ2v) is 5.19. The van der Waals surface area contributed by atoms with Crippen LogP contribution in [0.3, 0.4) is 0 Å². The topological polar surface area (TPSA) is 53.1 Å². The molecule has 17 heavy (non-hydrogen) atoms. The highest BCUT2D eigenvalue weighted by Crippen LogP contribution is 2.28. The van der Waals surface area contributed by atoms with E-state index in [0.29, 0.717) is 0 Å². The maximum absolute atomic E-state index is 6.41. The van der Waals surface area contributed by atoms with Crippen LogP contribution in [0.25, 0.3) is 0 Å². The zero-order valence-electron chi connectivity index (χ0n) is 10.5. The van der Waals surface area contributed by atoms with Crippen molar-refractivity contribution in [1.29, 1.82) is 0 Å². The number of nitrogens with zero attached hydrogens (tertiary/aromatic N) is 2. The molecule has 0 amide bonds. The lowest BCUT2D eigenvalue weighted by molar-refractivity contribution is 0.0527. The van der Waals surface area contributed by atoms with Gasteiger partial charge in [-0.25, -0.2) is 0 Å². The monoisotopic (exact) mass is 257 g/mol. The van der Waals surface area contributed by atoms with Crippen molar-refractivity contribution in [2.75, 3.05) is 13.2 Å². The first-order valence-corrected chi connectivity index (χ1v) is 6.52. The first-order chi connectivity index (χ1) is 8.06. The maximum Gasteiger partial charge on any atom is 0.0847 e. The molecule has 1 aromatic rings. The molecule has 0 saturated carbocycles. The second-order valence-electron chi connectivity index (χ2n) is 4.81. The average molecular weight is 258 g/mol. The van der Waals surface area contributed by atoms with E-state index in [1.165, 1.54) is 0 Å². The van der Waals surface area contributed by atoms with Crippen LogP contribution >= 0.6 is 11.6 Å². The van der Waals surface area contributed by atoms with Crippen molar-refractivity contribution in [2.24, 2.45) is 5.73 Å². The van der Waals surface area contributed by atoms with Gasteiger partial charge in [0.2, 0.25) is 0 Å². The van der Waals surface area contributed by atoms with Crippen LogP contribution in [0.1, 0.15) is 31.2 Å². The smallest absolute Gasteiger partial charge is 0.0847 e. The van der Waals surface area contributed by atoms with E-state index in [2.05, 4.69) is 12.0 Å². The molecule has 0 aliphatic carbocycles. The lowest BCUT2D eigenvalue weighted by Crippen LogP contribution is -2.47. The molecule has 96 valence electrons. The molecule has 0 radical (unpaired) electrons. The summed E-state index contributed by atoms with van der Waals surface area (Å²) >= 11 is 6.30. The largest absolute Gasteiger partial charge is 0.381 e. The van der Waals surface area contributed by atoms with Crippen molar-refractivity contribution in [1.82, 2.24) is 9.78 Å². The third-order valence-corrected chi connectivity index (χ3v) is 3.95. The summed E-state index contributed by atoms with van der Waals surface area (Å²) in [6, 6.07) is 0. The summed E-state index contributed by atoms with van der Waals surface area (Å²) in [4.78, 5) is 0. The third kappa shape index (κ3) is 2.64. The molecule has 0 unspecified atom stereocenters. The Morgan fingerprint density at radius 3 is 2.71 bits per heavy atom. The van der Waals surface area contributed by atoms with E-state index in [4.69, 9.17) is 22.1 Å². The number of nitrogens with two attached hydrogens (primary N) is 1. The molecule has 4 nitrogen and oxygen atoms in total. The Hall–Kier alpha value is -0.580. The standard InChI is InChI=1S/C12H20ClN3O/c1-3-16-10(11(13)9(2)15-16)8-12(14)4-6-17-7-5-12/h3-8,14H2,1-2H3. The first kappa shape index (κ1) is 12.9. The van der Waals surface area contributed by atoms with Crippen LogP contribution in [0.5, 0.6) is 0 Å². The molecule has 2 rings (SSSR count). The van der Waals surface area contributed by atoms with Crippen molar-refractivity contribution in [3.8, 4) is 0 Å². The minimum atomic E-state index is -0.193. The van der Waals surface area contributed by atoms with Gasteiger partial charge in [0.1, 0.15) is 0 Å². The van der Waals surface area contributed by atoms with Gasteiger partial charge in [0.25, 0.3) is 0 Å². The Kier molecular flexibility index (Phi) is 3.76. The Bertz CT molecular complexity index is 397. The quantitative estimate of drug-likeness (QED) is 0.900. The van der Waals surface area contributed by atoms with Gasteiger partial charge < -0.3 is 10.5 Å². The van der Waals surface area contributed by atoms with Crippen LogP contribution in [-0.4, -0.2) is 28.5 Å². The number of halogens is 1. The molecule has 1 aromatic heterocycles. The van der Waals surface area contributed by atoms with Gasteiger partial charge in [-0.05, 0) is 26.7 Å². The zero-order valence-corrected chi connectivity index (χ0v) is 11.3. The maximum atomic E-state index is 6.41. The normalized spacial score (nSPS) is 19.5. The Balaban J connectivity index is 2.22. The number of ether oxygens (including phenoxy) is 1. The van der Waals surface area contributed by atoms with Crippen molar-refractivity contribution in [2.45, 2.75) is 45.2 Å². The van der Waals surface area contributed by atoms with Gasteiger partial charge in [-0.3, -0.25) is 4.68 Å². The molecule has 0 aromatic carbocycles. The predicted molar refractivity (Wildman–Crippen MR) is 68.3 cm³/mol. The highest BCUT2D eigenvalue weighted by atomic mass is 35.5. The summed E-state index contributed by atoms with van der Waals surface area (Å²) in [6.07, 6.45) is 2.55. The molecule has 0 atom stereocenters. The number of aromatic nitrogens is 2. The van der Waals surface area contributed by atoms with E-state index in [0.717, 1.165) is 55.4 Å². The number of hydrogen-bond acceptors (Lipinski definition) is 3.